The monoisotopic (exact) mass is 396 g/mol. The normalized spacial score (nSPS) is 11.2. The number of carbonyl (C=O) groups is 1. The lowest BCUT2D eigenvalue weighted by atomic mass is 10.2. The lowest BCUT2D eigenvalue weighted by molar-refractivity contribution is 0.0955. The fourth-order valence-corrected chi connectivity index (χ4v) is 2.90. The van der Waals surface area contributed by atoms with Crippen molar-refractivity contribution in [2.24, 2.45) is 5.10 Å². The van der Waals surface area contributed by atoms with Gasteiger partial charge in [0.2, 0.25) is 0 Å². The van der Waals surface area contributed by atoms with Gasteiger partial charge in [0, 0.05) is 5.56 Å². The number of aryl methyl sites for hydroxylation is 1. The summed E-state index contributed by atoms with van der Waals surface area (Å²) in [5.41, 5.74) is 5.19. The van der Waals surface area contributed by atoms with Crippen molar-refractivity contribution in [3.63, 3.8) is 0 Å². The molecular formula is C21H21ClN4O2. The van der Waals surface area contributed by atoms with Gasteiger partial charge in [-0.3, -0.25) is 4.79 Å². The van der Waals surface area contributed by atoms with Crippen molar-refractivity contribution in [1.29, 1.82) is 0 Å². The largest absolute Gasteiger partial charge is 0.491 e. The van der Waals surface area contributed by atoms with Gasteiger partial charge >= 0.3 is 0 Å². The average molecular weight is 397 g/mol. The molecule has 28 heavy (non-hydrogen) atoms. The number of benzene rings is 2. The highest BCUT2D eigenvalue weighted by atomic mass is 35.5. The second-order valence-corrected chi connectivity index (χ2v) is 6.79. The number of para-hydroxylation sites is 1. The third-order valence-corrected chi connectivity index (χ3v) is 4.26. The first-order valence-corrected chi connectivity index (χ1v) is 9.24. The number of amides is 1. The Labute approximate surface area is 168 Å². The lowest BCUT2D eigenvalue weighted by Crippen LogP contribution is -2.17. The summed E-state index contributed by atoms with van der Waals surface area (Å²) in [7, 11) is 0. The van der Waals surface area contributed by atoms with Gasteiger partial charge in [0.1, 0.15) is 10.9 Å². The van der Waals surface area contributed by atoms with Crippen LogP contribution in [0.1, 0.15) is 35.5 Å². The summed E-state index contributed by atoms with van der Waals surface area (Å²) in [6.07, 6.45) is 1.58. The molecular weight excluding hydrogens is 376 g/mol. The van der Waals surface area contributed by atoms with Crippen LogP contribution in [0.25, 0.3) is 5.69 Å². The van der Waals surface area contributed by atoms with Crippen LogP contribution in [-0.2, 0) is 0 Å². The lowest BCUT2D eigenvalue weighted by Gasteiger charge is -2.09. The highest BCUT2D eigenvalue weighted by molar-refractivity contribution is 6.32. The molecule has 7 heteroatoms. The van der Waals surface area contributed by atoms with Gasteiger partial charge in [0.15, 0.2) is 0 Å². The summed E-state index contributed by atoms with van der Waals surface area (Å²) < 4.78 is 7.20. The van der Waals surface area contributed by atoms with E-state index < -0.39 is 0 Å². The quantitative estimate of drug-likeness (QED) is 0.496. The standard InChI is InChI=1S/C21H21ClN4O2/c1-14(2)28-18-11-9-16(10-12-18)21(27)24-23-13-19-15(3)25-26(20(19)22)17-7-5-4-6-8-17/h4-14H,1-3H3,(H,24,27)/b23-13-. The molecule has 0 atom stereocenters. The molecule has 0 unspecified atom stereocenters. The van der Waals surface area contributed by atoms with Crippen LogP contribution in [0.3, 0.4) is 0 Å². The number of hydrazone groups is 1. The zero-order chi connectivity index (χ0) is 20.1. The smallest absolute Gasteiger partial charge is 0.271 e. The van der Waals surface area contributed by atoms with E-state index in [4.69, 9.17) is 16.3 Å². The minimum Gasteiger partial charge on any atom is -0.491 e. The first-order chi connectivity index (χ1) is 13.5. The Morgan fingerprint density at radius 3 is 2.50 bits per heavy atom. The number of rotatable bonds is 6. The van der Waals surface area contributed by atoms with Gasteiger partial charge in [-0.15, -0.1) is 0 Å². The van der Waals surface area contributed by atoms with E-state index >= 15 is 0 Å². The summed E-state index contributed by atoms with van der Waals surface area (Å²) >= 11 is 6.44. The third kappa shape index (κ3) is 4.58. The summed E-state index contributed by atoms with van der Waals surface area (Å²) in [5.74, 6) is 0.391. The van der Waals surface area contributed by atoms with Crippen molar-refractivity contribution in [2.45, 2.75) is 26.9 Å². The maximum atomic E-state index is 12.2. The van der Waals surface area contributed by atoms with Gasteiger partial charge in [0.25, 0.3) is 5.91 Å². The van der Waals surface area contributed by atoms with Crippen LogP contribution in [0.5, 0.6) is 5.75 Å². The molecule has 144 valence electrons. The van der Waals surface area contributed by atoms with Crippen molar-refractivity contribution in [2.75, 3.05) is 0 Å². The zero-order valence-electron chi connectivity index (χ0n) is 15.9. The number of nitrogens with zero attached hydrogens (tertiary/aromatic N) is 3. The third-order valence-electron chi connectivity index (χ3n) is 3.90. The molecule has 0 aliphatic rings. The van der Waals surface area contributed by atoms with E-state index in [1.54, 1.807) is 28.9 Å². The summed E-state index contributed by atoms with van der Waals surface area (Å²) in [6, 6.07) is 16.5. The average Bonchev–Trinajstić information content (AvgIpc) is 2.97. The predicted octanol–water partition coefficient (Wildman–Crippen LogP) is 4.39. The highest BCUT2D eigenvalue weighted by Crippen LogP contribution is 2.21. The minimum atomic E-state index is -0.323. The highest BCUT2D eigenvalue weighted by Gasteiger charge is 2.13. The van der Waals surface area contributed by atoms with E-state index in [-0.39, 0.29) is 12.0 Å². The molecule has 0 spiro atoms. The summed E-state index contributed by atoms with van der Waals surface area (Å²) in [6.45, 7) is 5.73. The Morgan fingerprint density at radius 2 is 1.86 bits per heavy atom. The molecule has 0 aliphatic heterocycles. The number of aromatic nitrogens is 2. The molecule has 3 rings (SSSR count). The number of hydrogen-bond donors (Lipinski definition) is 1. The molecule has 0 bridgehead atoms. The Morgan fingerprint density at radius 1 is 1.18 bits per heavy atom. The Kier molecular flexibility index (Phi) is 6.11. The SMILES string of the molecule is Cc1nn(-c2ccccc2)c(Cl)c1/C=N\NC(=O)c1ccc(OC(C)C)cc1. The number of halogens is 1. The van der Waals surface area contributed by atoms with Crippen LogP contribution in [-0.4, -0.2) is 28.0 Å². The van der Waals surface area contributed by atoms with Crippen LogP contribution in [0.15, 0.2) is 59.7 Å². The van der Waals surface area contributed by atoms with Crippen molar-refractivity contribution in [1.82, 2.24) is 15.2 Å². The molecule has 1 heterocycles. The van der Waals surface area contributed by atoms with Gasteiger partial charge in [-0.1, -0.05) is 29.8 Å². The molecule has 1 N–H and O–H groups in total. The van der Waals surface area contributed by atoms with Gasteiger partial charge in [-0.2, -0.15) is 10.2 Å². The van der Waals surface area contributed by atoms with Crippen LogP contribution < -0.4 is 10.2 Å². The Hall–Kier alpha value is -3.12. The first-order valence-electron chi connectivity index (χ1n) is 8.86. The van der Waals surface area contributed by atoms with Crippen LogP contribution in [0.4, 0.5) is 0 Å². The molecule has 0 saturated heterocycles. The van der Waals surface area contributed by atoms with Crippen molar-refractivity contribution in [3.8, 4) is 11.4 Å². The van der Waals surface area contributed by atoms with E-state index in [1.165, 1.54) is 6.21 Å². The van der Waals surface area contributed by atoms with E-state index in [2.05, 4.69) is 15.6 Å². The molecule has 0 fully saturated rings. The molecule has 6 nitrogen and oxygen atoms in total. The summed E-state index contributed by atoms with van der Waals surface area (Å²) in [4.78, 5) is 12.2. The van der Waals surface area contributed by atoms with Gasteiger partial charge in [-0.25, -0.2) is 10.1 Å². The second kappa shape index (κ2) is 8.71. The van der Waals surface area contributed by atoms with Crippen molar-refractivity contribution >= 4 is 23.7 Å². The summed E-state index contributed by atoms with van der Waals surface area (Å²) in [5, 5.41) is 8.89. The van der Waals surface area contributed by atoms with Crippen LogP contribution >= 0.6 is 11.6 Å². The molecule has 1 amide bonds. The minimum absolute atomic E-state index is 0.0778. The topological polar surface area (TPSA) is 68.5 Å². The maximum absolute atomic E-state index is 12.2. The number of ether oxygens (including phenoxy) is 1. The molecule has 2 aromatic carbocycles. The predicted molar refractivity (Wildman–Crippen MR) is 111 cm³/mol. The number of hydrogen-bond acceptors (Lipinski definition) is 4. The Balaban J connectivity index is 1.69. The Bertz CT molecular complexity index is 980. The maximum Gasteiger partial charge on any atom is 0.271 e. The van der Waals surface area contributed by atoms with Gasteiger partial charge in [0.05, 0.1) is 29.3 Å². The second-order valence-electron chi connectivity index (χ2n) is 6.43. The van der Waals surface area contributed by atoms with Crippen LogP contribution in [0.2, 0.25) is 5.15 Å². The van der Waals surface area contributed by atoms with E-state index in [0.717, 1.165) is 5.69 Å². The molecule has 0 aliphatic carbocycles. The van der Waals surface area contributed by atoms with Crippen molar-refractivity contribution in [3.05, 3.63) is 76.6 Å². The fraction of sp³-hybridized carbons (Fsp3) is 0.190. The van der Waals surface area contributed by atoms with E-state index in [0.29, 0.717) is 27.7 Å². The molecule has 0 saturated carbocycles. The first kappa shape index (κ1) is 19.6. The fourth-order valence-electron chi connectivity index (χ4n) is 2.58. The molecule has 1 aromatic heterocycles. The van der Waals surface area contributed by atoms with Crippen molar-refractivity contribution < 1.29 is 9.53 Å². The van der Waals surface area contributed by atoms with Crippen LogP contribution in [0, 0.1) is 6.92 Å². The number of nitrogens with one attached hydrogen (secondary N) is 1. The molecule has 0 radical (unpaired) electrons. The molecule has 3 aromatic rings. The van der Waals surface area contributed by atoms with Gasteiger partial charge < -0.3 is 4.74 Å². The van der Waals surface area contributed by atoms with E-state index in [1.807, 2.05) is 51.1 Å². The zero-order valence-corrected chi connectivity index (χ0v) is 16.6. The van der Waals surface area contributed by atoms with E-state index in [9.17, 15) is 4.79 Å². The number of carbonyl (C=O) groups excluding carboxylic acids is 1. The van der Waals surface area contributed by atoms with Gasteiger partial charge in [-0.05, 0) is 57.2 Å².